The number of benzene rings is 4. The molecular weight excluding hydrogens is 428 g/mol. The fourth-order valence-electron chi connectivity index (χ4n) is 2.62. The predicted molar refractivity (Wildman–Crippen MR) is 128 cm³/mol. The summed E-state index contributed by atoms with van der Waals surface area (Å²) in [6, 6.07) is 29.9. The highest BCUT2D eigenvalue weighted by Gasteiger charge is 2.04. The van der Waals surface area contributed by atoms with E-state index in [-0.39, 0.29) is 0 Å². The second-order valence-corrected chi connectivity index (χ2v) is 8.35. The molecule has 4 rings (SSSR count). The SMILES string of the molecule is Nc1ccc(Oc2cccc(SOSc3cccc(Oc4ccc(N)cc4)c3)c2)cc1. The van der Waals surface area contributed by atoms with Crippen LogP contribution in [-0.2, 0) is 3.63 Å². The Bertz CT molecular complexity index is 1050. The number of anilines is 2. The van der Waals surface area contributed by atoms with Crippen LogP contribution < -0.4 is 20.9 Å². The summed E-state index contributed by atoms with van der Waals surface area (Å²) in [6.45, 7) is 0. The smallest absolute Gasteiger partial charge is 0.128 e. The lowest BCUT2D eigenvalue weighted by Gasteiger charge is -2.08. The quantitative estimate of drug-likeness (QED) is 0.218. The maximum absolute atomic E-state index is 5.86. The van der Waals surface area contributed by atoms with Gasteiger partial charge in [0.25, 0.3) is 0 Å². The Morgan fingerprint density at radius 3 is 1.32 bits per heavy atom. The normalized spacial score (nSPS) is 10.6. The Morgan fingerprint density at radius 2 is 0.903 bits per heavy atom. The standard InChI is InChI=1S/C24H20N2O3S2/c25-17-7-11-19(12-8-17)27-21-3-1-5-23(15-21)30-29-31-24-6-2-4-22(16-24)28-20-13-9-18(26)10-14-20/h1-16H,25-26H2. The molecule has 0 spiro atoms. The van der Waals surface area contributed by atoms with Gasteiger partial charge in [0.15, 0.2) is 0 Å². The van der Waals surface area contributed by atoms with Crippen LogP contribution in [0.3, 0.4) is 0 Å². The van der Waals surface area contributed by atoms with Crippen molar-refractivity contribution in [2.75, 3.05) is 11.5 Å². The molecule has 0 aliphatic carbocycles. The van der Waals surface area contributed by atoms with Gasteiger partial charge < -0.3 is 20.9 Å². The summed E-state index contributed by atoms with van der Waals surface area (Å²) in [4.78, 5) is 1.85. The van der Waals surface area contributed by atoms with E-state index in [1.165, 1.54) is 24.1 Å². The highest BCUT2D eigenvalue weighted by molar-refractivity contribution is 8.07. The molecule has 0 fully saturated rings. The molecule has 0 aromatic heterocycles. The van der Waals surface area contributed by atoms with Gasteiger partial charge in [0, 0.05) is 45.3 Å². The fourth-order valence-corrected chi connectivity index (χ4v) is 3.98. The third kappa shape index (κ3) is 6.36. The van der Waals surface area contributed by atoms with Crippen LogP contribution in [0.4, 0.5) is 11.4 Å². The van der Waals surface area contributed by atoms with Crippen molar-refractivity contribution in [2.45, 2.75) is 9.79 Å². The summed E-state index contributed by atoms with van der Waals surface area (Å²) in [7, 11) is 0. The van der Waals surface area contributed by atoms with E-state index < -0.39 is 0 Å². The van der Waals surface area contributed by atoms with Crippen molar-refractivity contribution >= 4 is 35.5 Å². The van der Waals surface area contributed by atoms with E-state index in [4.69, 9.17) is 24.6 Å². The van der Waals surface area contributed by atoms with E-state index in [1.54, 1.807) is 24.3 Å². The third-order valence-electron chi connectivity index (χ3n) is 4.10. The largest absolute Gasteiger partial charge is 0.457 e. The fraction of sp³-hybridized carbons (Fsp3) is 0. The molecular formula is C24H20N2O3S2. The van der Waals surface area contributed by atoms with Gasteiger partial charge in [-0.3, -0.25) is 0 Å². The molecule has 0 aliphatic heterocycles. The van der Waals surface area contributed by atoms with Crippen molar-refractivity contribution in [3.8, 4) is 23.0 Å². The molecule has 31 heavy (non-hydrogen) atoms. The maximum Gasteiger partial charge on any atom is 0.128 e. The van der Waals surface area contributed by atoms with Crippen molar-refractivity contribution in [2.24, 2.45) is 0 Å². The van der Waals surface area contributed by atoms with Crippen molar-refractivity contribution in [1.29, 1.82) is 0 Å². The molecule has 0 radical (unpaired) electrons. The van der Waals surface area contributed by atoms with Crippen LogP contribution in [-0.4, -0.2) is 0 Å². The minimum Gasteiger partial charge on any atom is -0.457 e. The number of hydrogen-bond acceptors (Lipinski definition) is 7. The minimum absolute atomic E-state index is 0.699. The van der Waals surface area contributed by atoms with Crippen LogP contribution in [0.5, 0.6) is 23.0 Å². The Labute approximate surface area is 189 Å². The summed E-state index contributed by atoms with van der Waals surface area (Å²) in [5.74, 6) is 2.90. The molecule has 4 aromatic carbocycles. The first-order valence-corrected chi connectivity index (χ1v) is 10.9. The lowest BCUT2D eigenvalue weighted by molar-refractivity contribution is 0.481. The maximum atomic E-state index is 5.86. The topological polar surface area (TPSA) is 79.7 Å². The highest BCUT2D eigenvalue weighted by Crippen LogP contribution is 2.34. The lowest BCUT2D eigenvalue weighted by atomic mass is 10.3. The van der Waals surface area contributed by atoms with E-state index in [1.807, 2.05) is 72.8 Å². The molecule has 5 nitrogen and oxygen atoms in total. The van der Waals surface area contributed by atoms with E-state index in [0.29, 0.717) is 11.4 Å². The molecule has 0 saturated carbocycles. The van der Waals surface area contributed by atoms with Crippen molar-refractivity contribution in [3.63, 3.8) is 0 Å². The van der Waals surface area contributed by atoms with Crippen molar-refractivity contribution < 1.29 is 13.1 Å². The van der Waals surface area contributed by atoms with Crippen LogP contribution in [0.1, 0.15) is 0 Å². The van der Waals surface area contributed by atoms with E-state index in [0.717, 1.165) is 32.8 Å². The molecule has 0 unspecified atom stereocenters. The molecule has 7 heteroatoms. The molecule has 0 amide bonds. The molecule has 156 valence electrons. The molecule has 0 atom stereocenters. The summed E-state index contributed by atoms with van der Waals surface area (Å²) < 4.78 is 17.5. The van der Waals surface area contributed by atoms with Gasteiger partial charge in [-0.05, 0) is 84.9 Å². The Balaban J connectivity index is 1.32. The zero-order chi connectivity index (χ0) is 21.5. The first-order chi connectivity index (χ1) is 15.1. The molecule has 0 bridgehead atoms. The summed E-state index contributed by atoms with van der Waals surface area (Å²) in [5, 5.41) is 0. The average Bonchev–Trinajstić information content (AvgIpc) is 2.78. The number of hydrogen-bond donors (Lipinski definition) is 2. The van der Waals surface area contributed by atoms with Crippen LogP contribution in [0.25, 0.3) is 0 Å². The van der Waals surface area contributed by atoms with E-state index in [9.17, 15) is 0 Å². The van der Waals surface area contributed by atoms with Gasteiger partial charge in [-0.2, -0.15) is 0 Å². The average molecular weight is 449 g/mol. The molecule has 4 aromatic rings. The van der Waals surface area contributed by atoms with Crippen LogP contribution >= 0.6 is 24.1 Å². The highest BCUT2D eigenvalue weighted by atomic mass is 32.2. The zero-order valence-corrected chi connectivity index (χ0v) is 18.1. The Kier molecular flexibility index (Phi) is 6.89. The molecule has 0 saturated heterocycles. The first kappa shape index (κ1) is 21.0. The van der Waals surface area contributed by atoms with Gasteiger partial charge in [0.1, 0.15) is 23.0 Å². The summed E-state index contributed by atoms with van der Waals surface area (Å²) in [6.07, 6.45) is 0. The number of nitrogens with two attached hydrogens (primary N) is 2. The summed E-state index contributed by atoms with van der Waals surface area (Å²) >= 11 is 2.52. The molecule has 4 N–H and O–H groups in total. The number of rotatable bonds is 8. The monoisotopic (exact) mass is 448 g/mol. The van der Waals surface area contributed by atoms with Gasteiger partial charge in [-0.1, -0.05) is 12.1 Å². The summed E-state index contributed by atoms with van der Waals surface area (Å²) in [5.41, 5.74) is 12.8. The zero-order valence-electron chi connectivity index (χ0n) is 16.4. The van der Waals surface area contributed by atoms with Gasteiger partial charge in [-0.15, -0.1) is 0 Å². The Morgan fingerprint density at radius 1 is 0.484 bits per heavy atom. The Hall–Kier alpha value is -3.26. The predicted octanol–water partition coefficient (Wildman–Crippen LogP) is 7.17. The van der Waals surface area contributed by atoms with Crippen LogP contribution in [0.2, 0.25) is 0 Å². The van der Waals surface area contributed by atoms with Gasteiger partial charge >= 0.3 is 0 Å². The van der Waals surface area contributed by atoms with Crippen molar-refractivity contribution in [1.82, 2.24) is 0 Å². The second kappa shape index (κ2) is 10.2. The minimum atomic E-state index is 0.699. The number of nitrogen functional groups attached to an aromatic ring is 2. The van der Waals surface area contributed by atoms with Gasteiger partial charge in [0.2, 0.25) is 0 Å². The van der Waals surface area contributed by atoms with Crippen molar-refractivity contribution in [3.05, 3.63) is 97.1 Å². The van der Waals surface area contributed by atoms with E-state index >= 15 is 0 Å². The van der Waals surface area contributed by atoms with Gasteiger partial charge in [-0.25, -0.2) is 3.63 Å². The van der Waals surface area contributed by atoms with Crippen LogP contribution in [0, 0.1) is 0 Å². The van der Waals surface area contributed by atoms with Crippen LogP contribution in [0.15, 0.2) is 107 Å². The van der Waals surface area contributed by atoms with Gasteiger partial charge in [0.05, 0.1) is 0 Å². The lowest BCUT2D eigenvalue weighted by Crippen LogP contribution is -1.87. The van der Waals surface area contributed by atoms with E-state index in [2.05, 4.69) is 0 Å². The number of ether oxygens (including phenoxy) is 2. The third-order valence-corrected chi connectivity index (χ3v) is 5.54. The molecule has 0 heterocycles. The molecule has 0 aliphatic rings. The second-order valence-electron chi connectivity index (χ2n) is 6.53. The first-order valence-electron chi connectivity index (χ1n) is 9.42.